The SMILES string of the molecule is N#CCC1(COc2ccc(Br)c(CNC3CC3)c2)CC1. The fraction of sp³-hybridized carbons (Fsp3) is 0.562. The van der Waals surface area contributed by atoms with E-state index < -0.39 is 0 Å². The van der Waals surface area contributed by atoms with Gasteiger partial charge in [-0.05, 0) is 49.4 Å². The molecule has 0 unspecified atom stereocenters. The summed E-state index contributed by atoms with van der Waals surface area (Å²) in [6, 6.07) is 9.11. The van der Waals surface area contributed by atoms with Crippen molar-refractivity contribution < 1.29 is 4.74 Å². The Kier molecular flexibility index (Phi) is 4.00. The van der Waals surface area contributed by atoms with Crippen molar-refractivity contribution in [3.8, 4) is 11.8 Å². The molecule has 20 heavy (non-hydrogen) atoms. The number of hydrogen-bond acceptors (Lipinski definition) is 3. The Morgan fingerprint density at radius 3 is 2.85 bits per heavy atom. The highest BCUT2D eigenvalue weighted by atomic mass is 79.9. The minimum atomic E-state index is 0.133. The number of nitrogens with one attached hydrogen (secondary N) is 1. The average molecular weight is 335 g/mol. The topological polar surface area (TPSA) is 45.0 Å². The fourth-order valence-electron chi connectivity index (χ4n) is 2.27. The molecule has 0 bridgehead atoms. The molecule has 0 saturated heterocycles. The molecule has 0 aliphatic heterocycles. The Labute approximate surface area is 128 Å². The second-order valence-corrected chi connectivity index (χ2v) is 6.89. The lowest BCUT2D eigenvalue weighted by molar-refractivity contribution is 0.236. The molecule has 2 saturated carbocycles. The number of nitrogens with zero attached hydrogens (tertiary/aromatic N) is 1. The van der Waals surface area contributed by atoms with Gasteiger partial charge in [0.25, 0.3) is 0 Å². The molecule has 2 fully saturated rings. The normalized spacial score (nSPS) is 19.4. The van der Waals surface area contributed by atoms with Gasteiger partial charge in [0.1, 0.15) is 5.75 Å². The van der Waals surface area contributed by atoms with Crippen molar-refractivity contribution in [3.63, 3.8) is 0 Å². The summed E-state index contributed by atoms with van der Waals surface area (Å²) in [5.41, 5.74) is 1.37. The van der Waals surface area contributed by atoms with Crippen molar-refractivity contribution >= 4 is 15.9 Å². The molecule has 3 rings (SSSR count). The maximum Gasteiger partial charge on any atom is 0.119 e. The van der Waals surface area contributed by atoms with Crippen molar-refractivity contribution in [3.05, 3.63) is 28.2 Å². The maximum atomic E-state index is 8.83. The van der Waals surface area contributed by atoms with Crippen LogP contribution in [0.2, 0.25) is 0 Å². The first-order chi connectivity index (χ1) is 9.71. The smallest absolute Gasteiger partial charge is 0.119 e. The third kappa shape index (κ3) is 3.53. The zero-order valence-corrected chi connectivity index (χ0v) is 13.1. The van der Waals surface area contributed by atoms with Gasteiger partial charge < -0.3 is 10.1 Å². The Bertz CT molecular complexity index is 530. The van der Waals surface area contributed by atoms with E-state index in [1.54, 1.807) is 0 Å². The number of rotatable bonds is 7. The molecule has 0 atom stereocenters. The van der Waals surface area contributed by atoms with Crippen molar-refractivity contribution in [2.75, 3.05) is 6.61 Å². The highest BCUT2D eigenvalue weighted by molar-refractivity contribution is 9.10. The third-order valence-electron chi connectivity index (χ3n) is 4.13. The van der Waals surface area contributed by atoms with Crippen molar-refractivity contribution in [2.45, 2.75) is 44.7 Å². The van der Waals surface area contributed by atoms with Crippen LogP contribution in [0.5, 0.6) is 5.75 Å². The van der Waals surface area contributed by atoms with Crippen molar-refractivity contribution in [1.29, 1.82) is 5.26 Å². The largest absolute Gasteiger partial charge is 0.493 e. The molecule has 0 amide bonds. The van der Waals surface area contributed by atoms with Crippen LogP contribution in [0.1, 0.15) is 37.7 Å². The molecule has 0 heterocycles. The van der Waals surface area contributed by atoms with Crippen LogP contribution in [0.15, 0.2) is 22.7 Å². The van der Waals surface area contributed by atoms with Crippen molar-refractivity contribution in [2.24, 2.45) is 5.41 Å². The van der Waals surface area contributed by atoms with E-state index in [-0.39, 0.29) is 5.41 Å². The van der Waals surface area contributed by atoms with Gasteiger partial charge in [-0.1, -0.05) is 15.9 Å². The quantitative estimate of drug-likeness (QED) is 0.825. The summed E-state index contributed by atoms with van der Waals surface area (Å²) in [5.74, 6) is 0.907. The second-order valence-electron chi connectivity index (χ2n) is 6.03. The lowest BCUT2D eigenvalue weighted by Gasteiger charge is -2.14. The van der Waals surface area contributed by atoms with Crippen LogP contribution in [-0.4, -0.2) is 12.6 Å². The number of halogens is 1. The highest BCUT2D eigenvalue weighted by Crippen LogP contribution is 2.48. The Hall–Kier alpha value is -1.05. The Morgan fingerprint density at radius 1 is 1.40 bits per heavy atom. The van der Waals surface area contributed by atoms with Crippen LogP contribution in [0.4, 0.5) is 0 Å². The molecule has 0 aromatic heterocycles. The number of hydrogen-bond donors (Lipinski definition) is 1. The summed E-state index contributed by atoms with van der Waals surface area (Å²) in [6.45, 7) is 1.55. The zero-order valence-electron chi connectivity index (χ0n) is 11.5. The molecular weight excluding hydrogens is 316 g/mol. The van der Waals surface area contributed by atoms with Crippen molar-refractivity contribution in [1.82, 2.24) is 5.32 Å². The molecule has 2 aliphatic rings. The van der Waals surface area contributed by atoms with Gasteiger partial charge in [-0.2, -0.15) is 5.26 Å². The summed E-state index contributed by atoms with van der Waals surface area (Å²) in [7, 11) is 0. The monoisotopic (exact) mass is 334 g/mol. The van der Waals surface area contributed by atoms with Crippen LogP contribution in [0.25, 0.3) is 0 Å². The maximum absolute atomic E-state index is 8.83. The lowest BCUT2D eigenvalue weighted by Crippen LogP contribution is -2.16. The summed E-state index contributed by atoms with van der Waals surface area (Å²) >= 11 is 3.59. The summed E-state index contributed by atoms with van der Waals surface area (Å²) < 4.78 is 7.03. The van der Waals surface area contributed by atoms with E-state index in [2.05, 4.69) is 33.4 Å². The molecular formula is C16H19BrN2O. The van der Waals surface area contributed by atoms with E-state index >= 15 is 0 Å². The number of ether oxygens (including phenoxy) is 1. The van der Waals surface area contributed by atoms with Gasteiger partial charge >= 0.3 is 0 Å². The van der Waals surface area contributed by atoms with Gasteiger partial charge in [-0.25, -0.2) is 0 Å². The highest BCUT2D eigenvalue weighted by Gasteiger charge is 2.43. The first kappa shape index (κ1) is 13.9. The van der Waals surface area contributed by atoms with Crippen LogP contribution in [0.3, 0.4) is 0 Å². The molecule has 0 radical (unpaired) electrons. The van der Waals surface area contributed by atoms with Gasteiger partial charge in [0.15, 0.2) is 0 Å². The van der Waals surface area contributed by atoms with E-state index in [0.29, 0.717) is 19.1 Å². The summed E-state index contributed by atoms with van der Waals surface area (Å²) in [4.78, 5) is 0. The van der Waals surface area contributed by atoms with Gasteiger partial charge in [0.2, 0.25) is 0 Å². The first-order valence-electron chi connectivity index (χ1n) is 7.22. The predicted octanol–water partition coefficient (Wildman–Crippen LogP) is 3.77. The predicted molar refractivity (Wildman–Crippen MR) is 81.4 cm³/mol. The average Bonchev–Trinajstić information content (AvgIpc) is 3.33. The van der Waals surface area contributed by atoms with Gasteiger partial charge in [-0.15, -0.1) is 0 Å². The van der Waals surface area contributed by atoms with Gasteiger partial charge in [0.05, 0.1) is 12.7 Å². The Balaban J connectivity index is 1.58. The Morgan fingerprint density at radius 2 is 2.20 bits per heavy atom. The standard InChI is InChI=1S/C16H19BrN2O/c17-15-4-3-14(9-12(15)10-19-13-1-2-13)20-11-16(5-6-16)7-8-18/h3-4,9,13,19H,1-2,5-7,10-11H2. The van der Waals surface area contributed by atoms with Gasteiger partial charge in [0, 0.05) is 28.9 Å². The molecule has 4 heteroatoms. The minimum absolute atomic E-state index is 0.133. The van der Waals surface area contributed by atoms with E-state index in [9.17, 15) is 0 Å². The molecule has 2 aliphatic carbocycles. The van der Waals surface area contributed by atoms with Crippen LogP contribution >= 0.6 is 15.9 Å². The van der Waals surface area contributed by atoms with E-state index in [0.717, 1.165) is 29.6 Å². The zero-order chi connectivity index (χ0) is 14.0. The van der Waals surface area contributed by atoms with E-state index in [4.69, 9.17) is 10.00 Å². The molecule has 1 aromatic carbocycles. The van der Waals surface area contributed by atoms with Gasteiger partial charge in [-0.3, -0.25) is 0 Å². The second kappa shape index (κ2) is 5.75. The van der Waals surface area contributed by atoms with Crippen LogP contribution in [0, 0.1) is 16.7 Å². The number of benzene rings is 1. The minimum Gasteiger partial charge on any atom is -0.493 e. The van der Waals surface area contributed by atoms with Crippen LogP contribution in [-0.2, 0) is 6.54 Å². The third-order valence-corrected chi connectivity index (χ3v) is 4.91. The van der Waals surface area contributed by atoms with Crippen LogP contribution < -0.4 is 10.1 Å². The molecule has 1 aromatic rings. The van der Waals surface area contributed by atoms with E-state index in [1.165, 1.54) is 18.4 Å². The summed E-state index contributed by atoms with van der Waals surface area (Å²) in [6.07, 6.45) is 5.44. The molecule has 106 valence electrons. The molecule has 3 nitrogen and oxygen atoms in total. The lowest BCUT2D eigenvalue weighted by atomic mass is 10.1. The molecule has 1 N–H and O–H groups in total. The fourth-order valence-corrected chi connectivity index (χ4v) is 2.66. The molecule has 0 spiro atoms. The number of nitriles is 1. The first-order valence-corrected chi connectivity index (χ1v) is 8.02. The summed E-state index contributed by atoms with van der Waals surface area (Å²) in [5, 5.41) is 12.3. The van der Waals surface area contributed by atoms with E-state index in [1.807, 2.05) is 12.1 Å².